The smallest absolute Gasteiger partial charge is 0.344 e. The highest BCUT2D eigenvalue weighted by Crippen LogP contribution is 2.16. The second-order valence-electron chi connectivity index (χ2n) is 6.30. The van der Waals surface area contributed by atoms with Crippen LogP contribution in [0.15, 0.2) is 28.8 Å². The number of rotatable bonds is 7. The van der Waals surface area contributed by atoms with Crippen molar-refractivity contribution in [3.63, 3.8) is 0 Å². The molecule has 0 saturated heterocycles. The molecule has 1 amide bonds. The molecule has 0 fully saturated rings. The molecule has 26 heavy (non-hydrogen) atoms. The number of carbonyl (C=O) groups is 2. The highest BCUT2D eigenvalue weighted by Gasteiger charge is 2.22. The van der Waals surface area contributed by atoms with Gasteiger partial charge in [-0.2, -0.15) is 0 Å². The normalized spacial score (nSPS) is 10.5. The molecule has 0 bridgehead atoms. The zero-order chi connectivity index (χ0) is 19.3. The largest absolute Gasteiger partial charge is 0.452 e. The third-order valence-corrected chi connectivity index (χ3v) is 4.10. The zero-order valence-corrected chi connectivity index (χ0v) is 15.9. The van der Waals surface area contributed by atoms with Crippen LogP contribution in [0.3, 0.4) is 0 Å². The maximum absolute atomic E-state index is 12.2. The summed E-state index contributed by atoms with van der Waals surface area (Å²) < 4.78 is 10.2. The molecule has 7 heteroatoms. The van der Waals surface area contributed by atoms with Crippen LogP contribution in [-0.4, -0.2) is 49.7 Å². The Labute approximate surface area is 153 Å². The van der Waals surface area contributed by atoms with Crippen molar-refractivity contribution >= 4 is 17.6 Å². The Morgan fingerprint density at radius 3 is 2.38 bits per heavy atom. The van der Waals surface area contributed by atoms with Crippen molar-refractivity contribution in [1.82, 2.24) is 10.1 Å². The topological polar surface area (TPSA) is 75.9 Å². The SMILES string of the molecule is CCc1noc(C)c1C(=O)OCC(=O)N(C)Cc1ccc(N(C)C)cc1. The van der Waals surface area contributed by atoms with Crippen LogP contribution >= 0.6 is 0 Å². The molecule has 0 aliphatic heterocycles. The number of benzene rings is 1. The Kier molecular flexibility index (Phi) is 6.38. The molecule has 2 rings (SSSR count). The standard InChI is InChI=1S/C19H25N3O4/c1-6-16-18(13(2)26-20-16)19(24)25-12-17(23)22(5)11-14-7-9-15(10-8-14)21(3)4/h7-10H,6,11-12H2,1-5H3. The lowest BCUT2D eigenvalue weighted by Crippen LogP contribution is -2.31. The van der Waals surface area contributed by atoms with Gasteiger partial charge in [-0.25, -0.2) is 4.79 Å². The van der Waals surface area contributed by atoms with Gasteiger partial charge >= 0.3 is 5.97 Å². The van der Waals surface area contributed by atoms with E-state index < -0.39 is 5.97 Å². The number of anilines is 1. The van der Waals surface area contributed by atoms with Crippen LogP contribution < -0.4 is 4.90 Å². The molecule has 0 N–H and O–H groups in total. The highest BCUT2D eigenvalue weighted by molar-refractivity contribution is 5.93. The van der Waals surface area contributed by atoms with Crippen LogP contribution in [0.2, 0.25) is 0 Å². The number of likely N-dealkylation sites (N-methyl/N-ethyl adjacent to an activating group) is 1. The lowest BCUT2D eigenvalue weighted by Gasteiger charge is -2.18. The molecule has 7 nitrogen and oxygen atoms in total. The Bertz CT molecular complexity index is 766. The van der Waals surface area contributed by atoms with Crippen molar-refractivity contribution in [1.29, 1.82) is 0 Å². The van der Waals surface area contributed by atoms with Crippen molar-refractivity contribution in [3.8, 4) is 0 Å². The number of amides is 1. The molecule has 1 aromatic carbocycles. The number of hydrogen-bond donors (Lipinski definition) is 0. The van der Waals surface area contributed by atoms with E-state index in [0.29, 0.717) is 30.0 Å². The van der Waals surface area contributed by atoms with Gasteiger partial charge in [-0.3, -0.25) is 4.79 Å². The molecule has 0 aliphatic rings. The van der Waals surface area contributed by atoms with Crippen LogP contribution in [0.1, 0.15) is 34.3 Å². The molecule has 1 aromatic heterocycles. The van der Waals surface area contributed by atoms with Crippen LogP contribution in [0.4, 0.5) is 5.69 Å². The summed E-state index contributed by atoms with van der Waals surface area (Å²) in [6.07, 6.45) is 0.554. The Morgan fingerprint density at radius 1 is 1.15 bits per heavy atom. The first kappa shape index (κ1) is 19.5. The summed E-state index contributed by atoms with van der Waals surface area (Å²) >= 11 is 0. The summed E-state index contributed by atoms with van der Waals surface area (Å²) in [5, 5.41) is 3.82. The van der Waals surface area contributed by atoms with Crippen molar-refractivity contribution in [2.75, 3.05) is 32.6 Å². The zero-order valence-electron chi connectivity index (χ0n) is 15.9. The Balaban J connectivity index is 1.90. The molecule has 0 atom stereocenters. The lowest BCUT2D eigenvalue weighted by molar-refractivity contribution is -0.133. The Hall–Kier alpha value is -2.83. The van der Waals surface area contributed by atoms with Crippen molar-refractivity contribution in [2.24, 2.45) is 0 Å². The molecular weight excluding hydrogens is 334 g/mol. The third kappa shape index (κ3) is 4.62. The number of aryl methyl sites for hydroxylation is 2. The molecule has 140 valence electrons. The molecule has 0 saturated carbocycles. The van der Waals surface area contributed by atoms with E-state index in [1.807, 2.05) is 50.2 Å². The van der Waals surface area contributed by atoms with E-state index in [9.17, 15) is 9.59 Å². The molecule has 0 aliphatic carbocycles. The van der Waals surface area contributed by atoms with E-state index in [1.54, 1.807) is 14.0 Å². The first-order valence-electron chi connectivity index (χ1n) is 8.46. The van der Waals surface area contributed by atoms with E-state index in [1.165, 1.54) is 4.90 Å². The quantitative estimate of drug-likeness (QED) is 0.707. The molecule has 0 radical (unpaired) electrons. The van der Waals surface area contributed by atoms with E-state index in [0.717, 1.165) is 11.3 Å². The fourth-order valence-corrected chi connectivity index (χ4v) is 2.49. The van der Waals surface area contributed by atoms with Gasteiger partial charge in [0.1, 0.15) is 11.3 Å². The summed E-state index contributed by atoms with van der Waals surface area (Å²) in [6, 6.07) is 7.93. The van der Waals surface area contributed by atoms with Gasteiger partial charge in [0.2, 0.25) is 0 Å². The maximum atomic E-state index is 12.2. The van der Waals surface area contributed by atoms with Gasteiger partial charge in [-0.05, 0) is 31.0 Å². The second-order valence-corrected chi connectivity index (χ2v) is 6.30. The Morgan fingerprint density at radius 2 is 1.81 bits per heavy atom. The van der Waals surface area contributed by atoms with Crippen LogP contribution in [-0.2, 0) is 22.5 Å². The summed E-state index contributed by atoms with van der Waals surface area (Å²) in [6.45, 7) is 3.64. The number of nitrogens with zero attached hydrogens (tertiary/aromatic N) is 3. The van der Waals surface area contributed by atoms with Crippen LogP contribution in [0.25, 0.3) is 0 Å². The van der Waals surface area contributed by atoms with E-state index in [4.69, 9.17) is 9.26 Å². The fourth-order valence-electron chi connectivity index (χ4n) is 2.49. The first-order chi connectivity index (χ1) is 12.3. The van der Waals surface area contributed by atoms with Gasteiger partial charge in [0.15, 0.2) is 6.61 Å². The molecule has 2 aromatic rings. The molecular formula is C19H25N3O4. The van der Waals surface area contributed by atoms with Gasteiger partial charge in [0, 0.05) is 33.4 Å². The summed E-state index contributed by atoms with van der Waals surface area (Å²) in [5.41, 5.74) is 2.94. The predicted octanol–water partition coefficient (Wildman–Crippen LogP) is 2.43. The van der Waals surface area contributed by atoms with Crippen molar-refractivity contribution < 1.29 is 18.8 Å². The van der Waals surface area contributed by atoms with Crippen LogP contribution in [0.5, 0.6) is 0 Å². The third-order valence-electron chi connectivity index (χ3n) is 4.10. The van der Waals surface area contributed by atoms with Gasteiger partial charge in [0.05, 0.1) is 5.69 Å². The van der Waals surface area contributed by atoms with Crippen molar-refractivity contribution in [3.05, 3.63) is 46.8 Å². The lowest BCUT2D eigenvalue weighted by atomic mass is 10.1. The first-order valence-corrected chi connectivity index (χ1v) is 8.46. The number of carbonyl (C=O) groups excluding carboxylic acids is 2. The van der Waals surface area contributed by atoms with Crippen molar-refractivity contribution in [2.45, 2.75) is 26.8 Å². The van der Waals surface area contributed by atoms with Crippen LogP contribution in [0, 0.1) is 6.92 Å². The highest BCUT2D eigenvalue weighted by atomic mass is 16.5. The van der Waals surface area contributed by atoms with E-state index in [2.05, 4.69) is 5.16 Å². The molecule has 0 unspecified atom stereocenters. The number of esters is 1. The number of ether oxygens (including phenoxy) is 1. The number of hydrogen-bond acceptors (Lipinski definition) is 6. The van der Waals surface area contributed by atoms with Gasteiger partial charge in [-0.1, -0.05) is 24.2 Å². The average molecular weight is 359 g/mol. The number of aromatic nitrogens is 1. The fraction of sp³-hybridized carbons (Fsp3) is 0.421. The molecule has 0 spiro atoms. The monoisotopic (exact) mass is 359 g/mol. The second kappa shape index (κ2) is 8.51. The minimum absolute atomic E-state index is 0.276. The summed E-state index contributed by atoms with van der Waals surface area (Å²) in [4.78, 5) is 28.0. The maximum Gasteiger partial charge on any atom is 0.344 e. The summed E-state index contributed by atoms with van der Waals surface area (Å²) in [7, 11) is 5.62. The predicted molar refractivity (Wildman–Crippen MR) is 98.1 cm³/mol. The molecule has 1 heterocycles. The van der Waals surface area contributed by atoms with E-state index >= 15 is 0 Å². The minimum Gasteiger partial charge on any atom is -0.452 e. The summed E-state index contributed by atoms with van der Waals surface area (Å²) in [5.74, 6) is -0.464. The minimum atomic E-state index is -0.585. The average Bonchev–Trinajstić information content (AvgIpc) is 3.00. The van der Waals surface area contributed by atoms with Gasteiger partial charge in [0.25, 0.3) is 5.91 Å². The van der Waals surface area contributed by atoms with E-state index in [-0.39, 0.29) is 12.5 Å². The van der Waals surface area contributed by atoms with Gasteiger partial charge < -0.3 is 19.1 Å². The van der Waals surface area contributed by atoms with Gasteiger partial charge in [-0.15, -0.1) is 0 Å².